The Morgan fingerprint density at radius 3 is 2.56 bits per heavy atom. The normalized spacial score (nSPS) is 10.7. The van der Waals surface area contributed by atoms with E-state index in [1.165, 1.54) is 31.5 Å². The Labute approximate surface area is 153 Å². The van der Waals surface area contributed by atoms with E-state index in [4.69, 9.17) is 15.2 Å². The maximum Gasteiger partial charge on any atom is 0.269 e. The molecular weight excluding hydrogens is 358 g/mol. The first-order chi connectivity index (χ1) is 13.0. The molecule has 3 aromatic rings. The van der Waals surface area contributed by atoms with Gasteiger partial charge in [-0.15, -0.1) is 0 Å². The van der Waals surface area contributed by atoms with Crippen molar-refractivity contribution in [3.8, 4) is 28.6 Å². The average Bonchev–Trinajstić information content (AvgIpc) is 3.07. The van der Waals surface area contributed by atoms with Gasteiger partial charge in [0, 0.05) is 12.3 Å². The summed E-state index contributed by atoms with van der Waals surface area (Å²) in [7, 11) is 1.42. The summed E-state index contributed by atoms with van der Waals surface area (Å²) in [6.07, 6.45) is 1.40. The smallest absolute Gasteiger partial charge is 0.269 e. The first-order valence-corrected chi connectivity index (χ1v) is 7.97. The van der Waals surface area contributed by atoms with Gasteiger partial charge in [-0.1, -0.05) is 6.07 Å². The number of hydrogen-bond acceptors (Lipinski definition) is 5. The number of carbonyl (C=O) groups excluding carboxylic acids is 1. The number of nitrogens with zero attached hydrogens (tertiary/aromatic N) is 3. The molecule has 0 aliphatic carbocycles. The average molecular weight is 374 g/mol. The molecule has 0 fully saturated rings. The molecule has 9 heteroatoms. The highest BCUT2D eigenvalue weighted by molar-refractivity contribution is 5.92. The molecule has 2 aromatic heterocycles. The Hall–Kier alpha value is -3.49. The molecule has 0 saturated heterocycles. The van der Waals surface area contributed by atoms with Crippen molar-refractivity contribution in [3.63, 3.8) is 0 Å². The summed E-state index contributed by atoms with van der Waals surface area (Å²) in [5.74, 6) is -1.91. The van der Waals surface area contributed by atoms with Gasteiger partial charge in [0.05, 0.1) is 25.0 Å². The second-order valence-electron chi connectivity index (χ2n) is 5.42. The summed E-state index contributed by atoms with van der Waals surface area (Å²) >= 11 is 0. The van der Waals surface area contributed by atoms with Crippen LogP contribution in [-0.2, 0) is 0 Å². The second-order valence-corrected chi connectivity index (χ2v) is 5.42. The van der Waals surface area contributed by atoms with E-state index in [9.17, 15) is 13.6 Å². The van der Waals surface area contributed by atoms with E-state index < -0.39 is 23.2 Å². The Bertz CT molecular complexity index is 984. The molecule has 1 aromatic carbocycles. The van der Waals surface area contributed by atoms with Crippen LogP contribution in [0.1, 0.15) is 17.4 Å². The zero-order valence-electron chi connectivity index (χ0n) is 14.6. The minimum absolute atomic E-state index is 0.163. The number of aromatic nitrogens is 3. The Morgan fingerprint density at radius 2 is 1.96 bits per heavy atom. The third kappa shape index (κ3) is 3.43. The lowest BCUT2D eigenvalue weighted by atomic mass is 10.1. The molecule has 3 rings (SSSR count). The molecule has 7 nitrogen and oxygen atoms in total. The van der Waals surface area contributed by atoms with Crippen LogP contribution < -0.4 is 15.2 Å². The number of ether oxygens (including phenoxy) is 2. The summed E-state index contributed by atoms with van der Waals surface area (Å²) < 4.78 is 40.2. The number of methoxy groups -OCH3 is 1. The lowest BCUT2D eigenvalue weighted by Gasteiger charge is -2.13. The fourth-order valence-corrected chi connectivity index (χ4v) is 2.56. The molecule has 0 saturated carbocycles. The molecular formula is C18H16F2N4O3. The number of pyridine rings is 1. The second kappa shape index (κ2) is 7.40. The molecule has 27 heavy (non-hydrogen) atoms. The minimum atomic E-state index is -0.853. The first kappa shape index (κ1) is 18.3. The van der Waals surface area contributed by atoms with Crippen molar-refractivity contribution in [2.45, 2.75) is 6.92 Å². The summed E-state index contributed by atoms with van der Waals surface area (Å²) in [5, 5.41) is 3.96. The molecule has 0 unspecified atom stereocenters. The van der Waals surface area contributed by atoms with E-state index in [1.54, 1.807) is 6.92 Å². The highest BCUT2D eigenvalue weighted by atomic mass is 19.1. The van der Waals surface area contributed by atoms with Gasteiger partial charge < -0.3 is 15.2 Å². The number of halogens is 2. The maximum atomic E-state index is 14.3. The number of amides is 1. The number of para-hydroxylation sites is 1. The van der Waals surface area contributed by atoms with Crippen molar-refractivity contribution in [1.29, 1.82) is 0 Å². The number of hydrogen-bond donors (Lipinski definition) is 1. The van der Waals surface area contributed by atoms with Gasteiger partial charge in [-0.2, -0.15) is 5.10 Å². The monoisotopic (exact) mass is 374 g/mol. The Balaban J connectivity index is 2.26. The van der Waals surface area contributed by atoms with Crippen LogP contribution in [0.25, 0.3) is 16.9 Å². The predicted octanol–water partition coefficient (Wildman–Crippen LogP) is 2.72. The Kier molecular flexibility index (Phi) is 5.02. The van der Waals surface area contributed by atoms with Gasteiger partial charge in [0.15, 0.2) is 17.3 Å². The maximum absolute atomic E-state index is 14.3. The van der Waals surface area contributed by atoms with E-state index in [1.807, 2.05) is 0 Å². The van der Waals surface area contributed by atoms with Crippen LogP contribution in [-0.4, -0.2) is 34.4 Å². The van der Waals surface area contributed by atoms with Crippen LogP contribution in [0.2, 0.25) is 0 Å². The molecule has 0 bridgehead atoms. The van der Waals surface area contributed by atoms with Crippen LogP contribution in [0.15, 0.2) is 36.5 Å². The Morgan fingerprint density at radius 1 is 1.26 bits per heavy atom. The van der Waals surface area contributed by atoms with Gasteiger partial charge in [-0.05, 0) is 25.1 Å². The zero-order chi connectivity index (χ0) is 19.6. The topological polar surface area (TPSA) is 92.3 Å². The largest absolute Gasteiger partial charge is 0.496 e. The van der Waals surface area contributed by atoms with Crippen LogP contribution >= 0.6 is 0 Å². The SMILES string of the molecule is CCOc1cc(OC)c(-c2cc(C(N)=O)nn2-c2c(F)cccc2F)cn1. The molecule has 140 valence electrons. The molecule has 0 atom stereocenters. The number of carbonyl (C=O) groups is 1. The molecule has 2 heterocycles. The van der Waals surface area contributed by atoms with Crippen molar-refractivity contribution in [1.82, 2.24) is 14.8 Å². The van der Waals surface area contributed by atoms with Crippen LogP contribution in [0.5, 0.6) is 11.6 Å². The van der Waals surface area contributed by atoms with Crippen molar-refractivity contribution in [2.75, 3.05) is 13.7 Å². The zero-order valence-corrected chi connectivity index (χ0v) is 14.6. The summed E-state index contributed by atoms with van der Waals surface area (Å²) in [6, 6.07) is 6.24. The standard InChI is InChI=1S/C18H16F2N4O3/c1-3-27-16-8-15(26-2)10(9-22-16)14-7-13(18(21)25)23-24(14)17-11(19)5-4-6-12(17)20/h4-9H,3H2,1-2H3,(H2,21,25). The lowest BCUT2D eigenvalue weighted by Crippen LogP contribution is -2.13. The van der Waals surface area contributed by atoms with E-state index in [-0.39, 0.29) is 11.4 Å². The van der Waals surface area contributed by atoms with Gasteiger partial charge in [0.1, 0.15) is 11.4 Å². The minimum Gasteiger partial charge on any atom is -0.496 e. The molecule has 1 amide bonds. The van der Waals surface area contributed by atoms with E-state index in [2.05, 4.69) is 10.1 Å². The summed E-state index contributed by atoms with van der Waals surface area (Å²) in [5.41, 5.74) is 5.21. The summed E-state index contributed by atoms with van der Waals surface area (Å²) in [6.45, 7) is 2.21. The lowest BCUT2D eigenvalue weighted by molar-refractivity contribution is 0.0995. The van der Waals surface area contributed by atoms with Gasteiger partial charge in [0.2, 0.25) is 5.88 Å². The predicted molar refractivity (Wildman–Crippen MR) is 92.9 cm³/mol. The van der Waals surface area contributed by atoms with Crippen molar-refractivity contribution >= 4 is 5.91 Å². The number of rotatable bonds is 6. The molecule has 0 aliphatic heterocycles. The van der Waals surface area contributed by atoms with Crippen molar-refractivity contribution in [3.05, 3.63) is 53.9 Å². The molecule has 0 radical (unpaired) electrons. The molecule has 0 aliphatic rings. The van der Waals surface area contributed by atoms with Crippen LogP contribution in [0.3, 0.4) is 0 Å². The van der Waals surface area contributed by atoms with Gasteiger partial charge in [-0.25, -0.2) is 18.4 Å². The quantitative estimate of drug-likeness (QED) is 0.716. The third-order valence-corrected chi connectivity index (χ3v) is 3.74. The van der Waals surface area contributed by atoms with E-state index >= 15 is 0 Å². The number of primary amides is 1. The highest BCUT2D eigenvalue weighted by Crippen LogP contribution is 2.34. The molecule has 2 N–H and O–H groups in total. The number of benzene rings is 1. The summed E-state index contributed by atoms with van der Waals surface area (Å²) in [4.78, 5) is 15.7. The van der Waals surface area contributed by atoms with Gasteiger partial charge in [-0.3, -0.25) is 4.79 Å². The third-order valence-electron chi connectivity index (χ3n) is 3.74. The van der Waals surface area contributed by atoms with Crippen LogP contribution in [0, 0.1) is 11.6 Å². The van der Waals surface area contributed by atoms with Crippen molar-refractivity contribution < 1.29 is 23.0 Å². The fourth-order valence-electron chi connectivity index (χ4n) is 2.56. The highest BCUT2D eigenvalue weighted by Gasteiger charge is 2.22. The van der Waals surface area contributed by atoms with Gasteiger partial charge >= 0.3 is 0 Å². The molecule has 0 spiro atoms. The van der Waals surface area contributed by atoms with Crippen LogP contribution in [0.4, 0.5) is 8.78 Å². The first-order valence-electron chi connectivity index (χ1n) is 7.97. The van der Waals surface area contributed by atoms with E-state index in [0.717, 1.165) is 16.8 Å². The van der Waals surface area contributed by atoms with E-state index in [0.29, 0.717) is 23.8 Å². The van der Waals surface area contributed by atoms with Gasteiger partial charge in [0.25, 0.3) is 5.91 Å². The number of nitrogens with two attached hydrogens (primary N) is 1. The fraction of sp³-hybridized carbons (Fsp3) is 0.167. The van der Waals surface area contributed by atoms with Crippen molar-refractivity contribution in [2.24, 2.45) is 5.73 Å².